The van der Waals surface area contributed by atoms with Gasteiger partial charge >= 0.3 is 0 Å². The number of carbonyl (C=O) groups is 1. The Morgan fingerprint density at radius 3 is 2.40 bits per heavy atom. The standard InChI is InChI=1S/C19H18N4O2/c1-14(19(25)22(2)16-6-4-3-5-7-16)23-18(24)9-8-17(21-23)15-10-12-20-13-11-15/h3-14H,1-2H3. The first kappa shape index (κ1) is 16.6. The molecule has 1 amide bonds. The predicted octanol–water partition coefficient (Wildman–Crippen LogP) is 2.53. The zero-order valence-electron chi connectivity index (χ0n) is 14.0. The van der Waals surface area contributed by atoms with E-state index in [2.05, 4.69) is 10.1 Å². The normalized spacial score (nSPS) is 11.8. The minimum absolute atomic E-state index is 0.215. The van der Waals surface area contributed by atoms with Crippen LogP contribution in [0.15, 0.2) is 71.8 Å². The Morgan fingerprint density at radius 2 is 1.72 bits per heavy atom. The van der Waals surface area contributed by atoms with Crippen LogP contribution in [0.5, 0.6) is 0 Å². The molecule has 1 atom stereocenters. The molecule has 3 aromatic rings. The number of carbonyl (C=O) groups excluding carboxylic acids is 1. The van der Waals surface area contributed by atoms with Crippen molar-refractivity contribution in [3.8, 4) is 11.3 Å². The van der Waals surface area contributed by atoms with Crippen molar-refractivity contribution in [3.63, 3.8) is 0 Å². The summed E-state index contributed by atoms with van der Waals surface area (Å²) in [6.07, 6.45) is 3.31. The van der Waals surface area contributed by atoms with Crippen molar-refractivity contribution in [2.75, 3.05) is 11.9 Å². The van der Waals surface area contributed by atoms with E-state index in [-0.39, 0.29) is 11.5 Å². The van der Waals surface area contributed by atoms with Gasteiger partial charge in [-0.1, -0.05) is 18.2 Å². The zero-order chi connectivity index (χ0) is 17.8. The fourth-order valence-electron chi connectivity index (χ4n) is 2.54. The van der Waals surface area contributed by atoms with Crippen molar-refractivity contribution in [1.29, 1.82) is 0 Å². The summed E-state index contributed by atoms with van der Waals surface area (Å²) in [6, 6.07) is 15.2. The van der Waals surface area contributed by atoms with Crippen LogP contribution >= 0.6 is 0 Å². The molecule has 0 aliphatic rings. The highest BCUT2D eigenvalue weighted by molar-refractivity contribution is 5.95. The molecule has 0 saturated carbocycles. The van der Waals surface area contributed by atoms with Gasteiger partial charge in [-0.05, 0) is 37.3 Å². The van der Waals surface area contributed by atoms with Crippen LogP contribution in [0.3, 0.4) is 0 Å². The van der Waals surface area contributed by atoms with Gasteiger partial charge in [-0.25, -0.2) is 4.68 Å². The number of amides is 1. The molecule has 1 aromatic carbocycles. The highest BCUT2D eigenvalue weighted by atomic mass is 16.2. The van der Waals surface area contributed by atoms with Crippen LogP contribution in [-0.4, -0.2) is 27.7 Å². The molecule has 3 rings (SSSR count). The second-order valence-corrected chi connectivity index (χ2v) is 5.65. The monoisotopic (exact) mass is 334 g/mol. The van der Waals surface area contributed by atoms with Crippen molar-refractivity contribution < 1.29 is 4.79 Å². The number of anilines is 1. The molecule has 0 spiro atoms. The minimum atomic E-state index is -0.723. The van der Waals surface area contributed by atoms with E-state index in [1.165, 1.54) is 15.6 Å². The molecular formula is C19H18N4O2. The highest BCUT2D eigenvalue weighted by Crippen LogP contribution is 2.18. The zero-order valence-corrected chi connectivity index (χ0v) is 14.0. The molecule has 0 aliphatic carbocycles. The van der Waals surface area contributed by atoms with Gasteiger partial charge in [-0.2, -0.15) is 5.10 Å². The van der Waals surface area contributed by atoms with Crippen LogP contribution < -0.4 is 10.5 Å². The van der Waals surface area contributed by atoms with E-state index in [1.54, 1.807) is 44.6 Å². The van der Waals surface area contributed by atoms with Crippen molar-refractivity contribution in [3.05, 3.63) is 77.3 Å². The molecule has 2 heterocycles. The highest BCUT2D eigenvalue weighted by Gasteiger charge is 2.22. The van der Waals surface area contributed by atoms with Gasteiger partial charge in [0.2, 0.25) is 0 Å². The Hall–Kier alpha value is -3.28. The van der Waals surface area contributed by atoms with Crippen molar-refractivity contribution in [2.24, 2.45) is 0 Å². The molecule has 0 bridgehead atoms. The summed E-state index contributed by atoms with van der Waals surface area (Å²) in [5.41, 5.74) is 1.89. The third-order valence-electron chi connectivity index (χ3n) is 4.00. The average molecular weight is 334 g/mol. The van der Waals surface area contributed by atoms with Crippen LogP contribution in [0.1, 0.15) is 13.0 Å². The van der Waals surface area contributed by atoms with Gasteiger partial charge in [0.05, 0.1) is 5.69 Å². The first-order valence-corrected chi connectivity index (χ1v) is 7.91. The van der Waals surface area contributed by atoms with Crippen LogP contribution in [0.4, 0.5) is 5.69 Å². The van der Waals surface area contributed by atoms with Crippen molar-refractivity contribution >= 4 is 11.6 Å². The number of aromatic nitrogens is 3. The maximum absolute atomic E-state index is 12.8. The Kier molecular flexibility index (Phi) is 4.70. The smallest absolute Gasteiger partial charge is 0.267 e. The first-order valence-electron chi connectivity index (χ1n) is 7.91. The fraction of sp³-hybridized carbons (Fsp3) is 0.158. The molecule has 6 nitrogen and oxygen atoms in total. The molecule has 126 valence electrons. The van der Waals surface area contributed by atoms with Crippen LogP contribution in [0.2, 0.25) is 0 Å². The summed E-state index contributed by atoms with van der Waals surface area (Å²) in [5, 5.41) is 4.37. The molecule has 0 N–H and O–H groups in total. The summed E-state index contributed by atoms with van der Waals surface area (Å²) in [4.78, 5) is 30.5. The van der Waals surface area contributed by atoms with Gasteiger partial charge in [0, 0.05) is 36.8 Å². The first-order chi connectivity index (χ1) is 12.1. The van der Waals surface area contributed by atoms with Crippen molar-refractivity contribution in [1.82, 2.24) is 14.8 Å². The van der Waals surface area contributed by atoms with Crippen LogP contribution in [-0.2, 0) is 4.79 Å². The third-order valence-corrected chi connectivity index (χ3v) is 4.00. The second-order valence-electron chi connectivity index (χ2n) is 5.65. The predicted molar refractivity (Wildman–Crippen MR) is 96.3 cm³/mol. The fourth-order valence-corrected chi connectivity index (χ4v) is 2.54. The van der Waals surface area contributed by atoms with E-state index in [4.69, 9.17) is 0 Å². The van der Waals surface area contributed by atoms with E-state index in [0.29, 0.717) is 5.69 Å². The number of rotatable bonds is 4. The number of nitrogens with zero attached hydrogens (tertiary/aromatic N) is 4. The van der Waals surface area contributed by atoms with E-state index in [1.807, 2.05) is 30.3 Å². The summed E-state index contributed by atoms with van der Waals surface area (Å²) in [7, 11) is 1.69. The Morgan fingerprint density at radius 1 is 1.04 bits per heavy atom. The molecule has 0 fully saturated rings. The lowest BCUT2D eigenvalue weighted by molar-refractivity contribution is -0.121. The maximum Gasteiger partial charge on any atom is 0.267 e. The van der Waals surface area contributed by atoms with Gasteiger partial charge in [-0.3, -0.25) is 14.6 Å². The van der Waals surface area contributed by atoms with Gasteiger partial charge in [0.15, 0.2) is 0 Å². The van der Waals surface area contributed by atoms with Gasteiger partial charge < -0.3 is 4.90 Å². The van der Waals surface area contributed by atoms with Gasteiger partial charge in [0.1, 0.15) is 6.04 Å². The quantitative estimate of drug-likeness (QED) is 0.735. The molecule has 0 saturated heterocycles. The number of benzene rings is 1. The van der Waals surface area contributed by atoms with E-state index in [9.17, 15) is 9.59 Å². The summed E-state index contributed by atoms with van der Waals surface area (Å²) >= 11 is 0. The van der Waals surface area contributed by atoms with Crippen LogP contribution in [0.25, 0.3) is 11.3 Å². The SMILES string of the molecule is CC(C(=O)N(C)c1ccccc1)n1nc(-c2ccncc2)ccc1=O. The number of hydrogen-bond acceptors (Lipinski definition) is 4. The topological polar surface area (TPSA) is 68.1 Å². The van der Waals surface area contributed by atoms with Gasteiger partial charge in [0.25, 0.3) is 11.5 Å². The Balaban J connectivity index is 1.93. The summed E-state index contributed by atoms with van der Waals surface area (Å²) in [6.45, 7) is 1.67. The van der Waals surface area contributed by atoms with Crippen LogP contribution in [0, 0.1) is 0 Å². The Bertz CT molecular complexity index is 923. The second kappa shape index (κ2) is 7.09. The largest absolute Gasteiger partial charge is 0.314 e. The maximum atomic E-state index is 12.8. The molecule has 25 heavy (non-hydrogen) atoms. The molecule has 6 heteroatoms. The Labute approximate surface area is 145 Å². The molecule has 1 unspecified atom stereocenters. The summed E-state index contributed by atoms with van der Waals surface area (Å²) < 4.78 is 1.22. The molecule has 2 aromatic heterocycles. The summed E-state index contributed by atoms with van der Waals surface area (Å²) in [5.74, 6) is -0.215. The number of hydrogen-bond donors (Lipinski definition) is 0. The average Bonchev–Trinajstić information content (AvgIpc) is 2.68. The molecule has 0 aliphatic heterocycles. The van der Waals surface area contributed by atoms with Crippen molar-refractivity contribution in [2.45, 2.75) is 13.0 Å². The van der Waals surface area contributed by atoms with E-state index in [0.717, 1.165) is 11.3 Å². The molecule has 0 radical (unpaired) electrons. The number of likely N-dealkylation sites (N-methyl/N-ethyl adjacent to an activating group) is 1. The lowest BCUT2D eigenvalue weighted by Gasteiger charge is -2.22. The molecular weight excluding hydrogens is 316 g/mol. The third kappa shape index (κ3) is 3.47. The minimum Gasteiger partial charge on any atom is -0.314 e. The number of pyridine rings is 1. The van der Waals surface area contributed by atoms with E-state index >= 15 is 0 Å². The van der Waals surface area contributed by atoms with Gasteiger partial charge in [-0.15, -0.1) is 0 Å². The lowest BCUT2D eigenvalue weighted by atomic mass is 10.2. The number of para-hydroxylation sites is 1. The lowest BCUT2D eigenvalue weighted by Crippen LogP contribution is -2.38. The van der Waals surface area contributed by atoms with E-state index < -0.39 is 6.04 Å².